The first kappa shape index (κ1) is 14.0. The largest absolute Gasteiger partial charge is 0.295 e. The molecule has 1 aromatic carbocycles. The highest BCUT2D eigenvalue weighted by Gasteiger charge is 2.09. The van der Waals surface area contributed by atoms with Gasteiger partial charge in [-0.2, -0.15) is 11.8 Å². The van der Waals surface area contributed by atoms with E-state index >= 15 is 0 Å². The van der Waals surface area contributed by atoms with Gasteiger partial charge in [0.1, 0.15) is 0 Å². The monoisotopic (exact) mass is 248 g/mol. The van der Waals surface area contributed by atoms with Crippen molar-refractivity contribution >= 4 is 23.6 Å². The van der Waals surface area contributed by atoms with Crippen LogP contribution in [0.25, 0.3) is 6.08 Å². The maximum absolute atomic E-state index is 11.8. The number of hydrogen-bond acceptors (Lipinski definition) is 2. The van der Waals surface area contributed by atoms with Crippen molar-refractivity contribution < 1.29 is 4.79 Å². The molecule has 0 saturated heterocycles. The Morgan fingerprint density at radius 2 is 2.00 bits per heavy atom. The van der Waals surface area contributed by atoms with E-state index in [4.69, 9.17) is 0 Å². The van der Waals surface area contributed by atoms with Crippen LogP contribution in [0.3, 0.4) is 0 Å². The second kappa shape index (κ2) is 8.13. The normalized spacial score (nSPS) is 12.8. The van der Waals surface area contributed by atoms with E-state index in [1.807, 2.05) is 48.2 Å². The van der Waals surface area contributed by atoms with Crippen LogP contribution in [0, 0.1) is 0 Å². The van der Waals surface area contributed by atoms with E-state index in [0.717, 1.165) is 17.7 Å². The van der Waals surface area contributed by atoms with Crippen LogP contribution < -0.4 is 0 Å². The third-order valence-corrected chi connectivity index (χ3v) is 3.85. The van der Waals surface area contributed by atoms with Crippen LogP contribution in [-0.2, 0) is 4.79 Å². The number of allylic oxidation sites excluding steroid dienone is 1. The topological polar surface area (TPSA) is 17.1 Å². The Balaban J connectivity index is 2.46. The van der Waals surface area contributed by atoms with Gasteiger partial charge in [0.2, 0.25) is 0 Å². The Hall–Kier alpha value is -1.02. The van der Waals surface area contributed by atoms with E-state index in [1.165, 1.54) is 0 Å². The fraction of sp³-hybridized carbons (Fsp3) is 0.400. The number of carbonyl (C=O) groups is 1. The minimum atomic E-state index is 0.224. The summed E-state index contributed by atoms with van der Waals surface area (Å²) < 4.78 is 0. The van der Waals surface area contributed by atoms with Gasteiger partial charge in [0, 0.05) is 11.7 Å². The van der Waals surface area contributed by atoms with Gasteiger partial charge in [-0.25, -0.2) is 0 Å². The average molecular weight is 248 g/mol. The molecule has 1 nitrogen and oxygen atoms in total. The zero-order valence-electron chi connectivity index (χ0n) is 10.6. The molecule has 1 atom stereocenters. The third-order valence-electron chi connectivity index (χ3n) is 2.55. The quantitative estimate of drug-likeness (QED) is 0.673. The molecule has 0 heterocycles. The molecule has 1 rings (SSSR count). The van der Waals surface area contributed by atoms with E-state index in [9.17, 15) is 4.79 Å². The molecule has 0 aromatic heterocycles. The van der Waals surface area contributed by atoms with E-state index in [1.54, 1.807) is 6.08 Å². The number of carbonyl (C=O) groups excluding carboxylic acids is 1. The first-order valence-corrected chi connectivity index (χ1v) is 7.18. The van der Waals surface area contributed by atoms with Crippen molar-refractivity contribution in [2.24, 2.45) is 0 Å². The lowest BCUT2D eigenvalue weighted by molar-refractivity contribution is -0.114. The summed E-state index contributed by atoms with van der Waals surface area (Å²) in [6.07, 6.45) is 5.31. The molecule has 2 heteroatoms. The maximum atomic E-state index is 11.8. The van der Waals surface area contributed by atoms with Crippen LogP contribution in [0.5, 0.6) is 0 Å². The highest BCUT2D eigenvalue weighted by atomic mass is 32.2. The number of ketones is 1. The van der Waals surface area contributed by atoms with Crippen molar-refractivity contribution in [1.82, 2.24) is 0 Å². The molecule has 0 amide bonds. The van der Waals surface area contributed by atoms with Gasteiger partial charge < -0.3 is 0 Å². The predicted molar refractivity (Wildman–Crippen MR) is 77.3 cm³/mol. The second-order valence-electron chi connectivity index (χ2n) is 3.90. The SMILES string of the molecule is CCS[C@@H](CC)CC(=O)/C=C/c1ccccc1. The first-order valence-electron chi connectivity index (χ1n) is 6.13. The van der Waals surface area contributed by atoms with Crippen molar-refractivity contribution in [2.75, 3.05) is 5.75 Å². The summed E-state index contributed by atoms with van der Waals surface area (Å²) in [5, 5.41) is 0.466. The molecule has 0 fully saturated rings. The van der Waals surface area contributed by atoms with Gasteiger partial charge in [0.15, 0.2) is 5.78 Å². The molecule has 92 valence electrons. The van der Waals surface area contributed by atoms with Gasteiger partial charge in [-0.3, -0.25) is 4.79 Å². The predicted octanol–water partition coefficient (Wildman–Crippen LogP) is 4.19. The number of hydrogen-bond donors (Lipinski definition) is 0. The number of thioether (sulfide) groups is 1. The zero-order valence-corrected chi connectivity index (χ0v) is 11.4. The van der Waals surface area contributed by atoms with Crippen molar-refractivity contribution in [3.63, 3.8) is 0 Å². The Morgan fingerprint density at radius 3 is 2.59 bits per heavy atom. The molecule has 0 radical (unpaired) electrons. The van der Waals surface area contributed by atoms with Crippen molar-refractivity contribution in [2.45, 2.75) is 31.9 Å². The van der Waals surface area contributed by atoms with Gasteiger partial charge in [-0.1, -0.05) is 50.3 Å². The number of rotatable bonds is 7. The molecule has 0 unspecified atom stereocenters. The number of benzene rings is 1. The fourth-order valence-electron chi connectivity index (χ4n) is 1.60. The minimum Gasteiger partial charge on any atom is -0.295 e. The molecule has 0 aliphatic heterocycles. The van der Waals surface area contributed by atoms with E-state index in [2.05, 4.69) is 13.8 Å². The first-order chi connectivity index (χ1) is 8.26. The fourth-order valence-corrected chi connectivity index (χ4v) is 2.59. The van der Waals surface area contributed by atoms with E-state index in [-0.39, 0.29) is 5.78 Å². The lowest BCUT2D eigenvalue weighted by Crippen LogP contribution is -2.07. The van der Waals surface area contributed by atoms with Crippen LogP contribution in [0.2, 0.25) is 0 Å². The smallest absolute Gasteiger partial charge is 0.156 e. The lowest BCUT2D eigenvalue weighted by atomic mass is 10.1. The molecule has 17 heavy (non-hydrogen) atoms. The van der Waals surface area contributed by atoms with Gasteiger partial charge in [-0.15, -0.1) is 0 Å². The van der Waals surface area contributed by atoms with Gasteiger partial charge >= 0.3 is 0 Å². The summed E-state index contributed by atoms with van der Waals surface area (Å²) >= 11 is 1.87. The maximum Gasteiger partial charge on any atom is 0.156 e. The molecule has 0 saturated carbocycles. The Morgan fingerprint density at radius 1 is 1.29 bits per heavy atom. The zero-order chi connectivity index (χ0) is 12.5. The summed E-state index contributed by atoms with van der Waals surface area (Å²) in [7, 11) is 0. The molecule has 0 N–H and O–H groups in total. The van der Waals surface area contributed by atoms with Crippen molar-refractivity contribution in [3.8, 4) is 0 Å². The van der Waals surface area contributed by atoms with Crippen LogP contribution in [0.1, 0.15) is 32.3 Å². The average Bonchev–Trinajstić information content (AvgIpc) is 2.37. The summed E-state index contributed by atoms with van der Waals surface area (Å²) in [5.74, 6) is 1.30. The van der Waals surface area contributed by atoms with Crippen LogP contribution in [0.15, 0.2) is 36.4 Å². The Bertz CT molecular complexity index is 356. The molecule has 0 bridgehead atoms. The summed E-state index contributed by atoms with van der Waals surface area (Å²) in [4.78, 5) is 11.8. The molecule has 0 aliphatic carbocycles. The van der Waals surface area contributed by atoms with Gasteiger partial charge in [-0.05, 0) is 23.8 Å². The molecular weight excluding hydrogens is 228 g/mol. The molecule has 1 aromatic rings. The Labute approximate surface area is 108 Å². The summed E-state index contributed by atoms with van der Waals surface area (Å²) in [6.45, 7) is 4.28. The second-order valence-corrected chi connectivity index (χ2v) is 5.48. The molecule has 0 spiro atoms. The Kier molecular flexibility index (Phi) is 6.71. The van der Waals surface area contributed by atoms with Gasteiger partial charge in [0.05, 0.1) is 0 Å². The minimum absolute atomic E-state index is 0.224. The highest BCUT2D eigenvalue weighted by molar-refractivity contribution is 7.99. The van der Waals surface area contributed by atoms with Crippen LogP contribution in [-0.4, -0.2) is 16.8 Å². The molecular formula is C15H20OS. The van der Waals surface area contributed by atoms with Crippen LogP contribution >= 0.6 is 11.8 Å². The highest BCUT2D eigenvalue weighted by Crippen LogP contribution is 2.18. The summed E-state index contributed by atoms with van der Waals surface area (Å²) in [5.41, 5.74) is 1.08. The lowest BCUT2D eigenvalue weighted by Gasteiger charge is -2.10. The van der Waals surface area contributed by atoms with E-state index in [0.29, 0.717) is 11.7 Å². The standard InChI is InChI=1S/C15H20OS/c1-3-15(17-4-2)12-14(16)11-10-13-8-6-5-7-9-13/h5-11,15H,3-4,12H2,1-2H3/b11-10+/t15-/m0/s1. The van der Waals surface area contributed by atoms with Crippen LogP contribution in [0.4, 0.5) is 0 Å². The van der Waals surface area contributed by atoms with Crippen molar-refractivity contribution in [3.05, 3.63) is 42.0 Å². The summed E-state index contributed by atoms with van der Waals surface area (Å²) in [6, 6.07) is 9.94. The van der Waals surface area contributed by atoms with E-state index < -0.39 is 0 Å². The van der Waals surface area contributed by atoms with Gasteiger partial charge in [0.25, 0.3) is 0 Å². The molecule has 0 aliphatic rings. The van der Waals surface area contributed by atoms with Crippen molar-refractivity contribution in [1.29, 1.82) is 0 Å². The third kappa shape index (κ3) is 5.73.